The zero-order chi connectivity index (χ0) is 24.3. The van der Waals surface area contributed by atoms with Crippen LogP contribution in [-0.4, -0.2) is 41.4 Å². The molecule has 4 rings (SSSR count). The van der Waals surface area contributed by atoms with Gasteiger partial charge >= 0.3 is 0 Å². The highest BCUT2D eigenvalue weighted by atomic mass is 35.5. The van der Waals surface area contributed by atoms with Crippen molar-refractivity contribution in [3.8, 4) is 5.75 Å². The summed E-state index contributed by atoms with van der Waals surface area (Å²) in [7, 11) is 0. The molecule has 34 heavy (non-hydrogen) atoms. The molecule has 1 unspecified atom stereocenters. The van der Waals surface area contributed by atoms with Crippen molar-refractivity contribution in [2.24, 2.45) is 0 Å². The van der Waals surface area contributed by atoms with Gasteiger partial charge < -0.3 is 25.4 Å². The lowest BCUT2D eigenvalue weighted by Crippen LogP contribution is -2.41. The van der Waals surface area contributed by atoms with Gasteiger partial charge in [0.05, 0.1) is 24.5 Å². The first-order valence-electron chi connectivity index (χ1n) is 11.2. The van der Waals surface area contributed by atoms with Crippen LogP contribution in [0, 0.1) is 0 Å². The molecule has 8 nitrogen and oxygen atoms in total. The van der Waals surface area contributed by atoms with Gasteiger partial charge in [-0.05, 0) is 44.0 Å². The number of halogens is 1. The van der Waals surface area contributed by atoms with Crippen LogP contribution in [0.1, 0.15) is 38.3 Å². The first-order valence-corrected chi connectivity index (χ1v) is 11.6. The molecule has 0 radical (unpaired) electrons. The molecule has 0 aliphatic carbocycles. The van der Waals surface area contributed by atoms with Crippen LogP contribution < -0.4 is 10.6 Å². The Labute approximate surface area is 203 Å². The Kier molecular flexibility index (Phi) is 6.90. The van der Waals surface area contributed by atoms with E-state index in [9.17, 15) is 10.2 Å². The molecular weight excluding hydrogens is 452 g/mol. The van der Waals surface area contributed by atoms with E-state index >= 15 is 0 Å². The third-order valence-corrected chi connectivity index (χ3v) is 5.95. The number of fused-ring (bicyclic) bond motifs is 1. The number of aromatic hydroxyl groups is 1. The molecule has 0 saturated heterocycles. The van der Waals surface area contributed by atoms with Gasteiger partial charge in [0.25, 0.3) is 0 Å². The minimum atomic E-state index is -0.961. The minimum absolute atomic E-state index is 0.142. The van der Waals surface area contributed by atoms with Gasteiger partial charge in [-0.3, -0.25) is 0 Å². The molecule has 0 aliphatic rings. The lowest BCUT2D eigenvalue weighted by atomic mass is 9.97. The molecular formula is C25H29ClN6O2. The Morgan fingerprint density at radius 3 is 2.59 bits per heavy atom. The predicted molar refractivity (Wildman–Crippen MR) is 135 cm³/mol. The van der Waals surface area contributed by atoms with Crippen molar-refractivity contribution in [3.05, 3.63) is 71.0 Å². The highest BCUT2D eigenvalue weighted by Gasteiger charge is 2.26. The fraction of sp³-hybridized carbons (Fsp3) is 0.320. The number of aliphatic hydroxyl groups is 1. The first kappa shape index (κ1) is 23.8. The van der Waals surface area contributed by atoms with Crippen LogP contribution in [0.15, 0.2) is 54.9 Å². The van der Waals surface area contributed by atoms with Crippen LogP contribution >= 0.6 is 11.6 Å². The van der Waals surface area contributed by atoms with E-state index in [2.05, 4.69) is 32.7 Å². The van der Waals surface area contributed by atoms with Crippen molar-refractivity contribution in [1.82, 2.24) is 19.5 Å². The molecule has 0 amide bonds. The average Bonchev–Trinajstić information content (AvgIpc) is 3.20. The molecule has 9 heteroatoms. The van der Waals surface area contributed by atoms with E-state index in [0.717, 1.165) is 5.56 Å². The molecule has 2 heterocycles. The third-order valence-electron chi connectivity index (χ3n) is 5.71. The van der Waals surface area contributed by atoms with E-state index in [0.29, 0.717) is 53.0 Å². The second kappa shape index (κ2) is 9.87. The van der Waals surface area contributed by atoms with E-state index in [1.165, 1.54) is 0 Å². The molecule has 0 saturated carbocycles. The number of rotatable bonds is 9. The Hall–Kier alpha value is -3.36. The predicted octanol–water partition coefficient (Wildman–Crippen LogP) is 4.81. The van der Waals surface area contributed by atoms with E-state index in [1.807, 2.05) is 29.7 Å². The molecule has 2 aromatic carbocycles. The zero-order valence-corrected chi connectivity index (χ0v) is 20.2. The molecule has 0 bridgehead atoms. The maximum atomic E-state index is 10.5. The lowest BCUT2D eigenvalue weighted by molar-refractivity contribution is 0.0577. The van der Waals surface area contributed by atoms with Crippen molar-refractivity contribution in [2.75, 3.05) is 10.6 Å². The summed E-state index contributed by atoms with van der Waals surface area (Å²) in [4.78, 5) is 14.0. The van der Waals surface area contributed by atoms with Gasteiger partial charge in [-0.25, -0.2) is 4.98 Å². The van der Waals surface area contributed by atoms with Gasteiger partial charge in [0.1, 0.15) is 5.75 Å². The van der Waals surface area contributed by atoms with Crippen LogP contribution in [0.3, 0.4) is 0 Å². The summed E-state index contributed by atoms with van der Waals surface area (Å²) in [6, 6.07) is 14.7. The molecule has 4 N–H and O–H groups in total. The van der Waals surface area contributed by atoms with Crippen molar-refractivity contribution < 1.29 is 10.2 Å². The smallest absolute Gasteiger partial charge is 0.227 e. The van der Waals surface area contributed by atoms with Crippen LogP contribution in [-0.2, 0) is 13.1 Å². The second-order valence-corrected chi connectivity index (χ2v) is 9.25. The van der Waals surface area contributed by atoms with Crippen LogP contribution in [0.4, 0.5) is 11.8 Å². The lowest BCUT2D eigenvalue weighted by Gasteiger charge is -2.29. The van der Waals surface area contributed by atoms with Gasteiger partial charge in [0, 0.05) is 17.1 Å². The number of nitrogens with one attached hydrogen (secondary N) is 2. The molecule has 178 valence electrons. The molecule has 0 fully saturated rings. The zero-order valence-electron chi connectivity index (χ0n) is 19.5. The van der Waals surface area contributed by atoms with Crippen molar-refractivity contribution >= 4 is 34.5 Å². The topological polar surface area (TPSA) is 108 Å². The maximum absolute atomic E-state index is 10.5. The van der Waals surface area contributed by atoms with E-state index in [1.54, 1.807) is 38.4 Å². The number of phenols is 1. The number of benzene rings is 2. The van der Waals surface area contributed by atoms with Crippen molar-refractivity contribution in [3.63, 3.8) is 0 Å². The van der Waals surface area contributed by atoms with Crippen LogP contribution in [0.2, 0.25) is 5.02 Å². The summed E-state index contributed by atoms with van der Waals surface area (Å²) in [6.07, 6.45) is 2.43. The normalized spacial score (nSPS) is 12.6. The standard InChI is InChI=1S/C25H29ClN6O2/c1-4-20(25(2,3)34)29-24-30-22(27-13-17-12-18(26)10-11-19(17)33)21-23(31-24)32(15-28-21)14-16-8-6-5-7-9-16/h5-12,15,20,33-34H,4,13-14H2,1-3H3,(H2,27,29,30,31). The number of anilines is 2. The summed E-state index contributed by atoms with van der Waals surface area (Å²) in [5.41, 5.74) is 2.07. The number of phenolic OH excluding ortho intramolecular Hbond substituents is 1. The minimum Gasteiger partial charge on any atom is -0.508 e. The summed E-state index contributed by atoms with van der Waals surface area (Å²) in [6.45, 7) is 6.41. The summed E-state index contributed by atoms with van der Waals surface area (Å²) in [5, 5.41) is 27.8. The quantitative estimate of drug-likeness (QED) is 0.272. The second-order valence-electron chi connectivity index (χ2n) is 8.81. The van der Waals surface area contributed by atoms with Gasteiger partial charge in [0.15, 0.2) is 17.0 Å². The number of hydrogen-bond acceptors (Lipinski definition) is 7. The Morgan fingerprint density at radius 2 is 1.88 bits per heavy atom. The fourth-order valence-corrected chi connectivity index (χ4v) is 4.03. The molecule has 4 aromatic rings. The van der Waals surface area contributed by atoms with E-state index < -0.39 is 5.60 Å². The monoisotopic (exact) mass is 480 g/mol. The van der Waals surface area contributed by atoms with Crippen LogP contribution in [0.5, 0.6) is 5.75 Å². The van der Waals surface area contributed by atoms with E-state index in [4.69, 9.17) is 16.6 Å². The molecule has 1 atom stereocenters. The van der Waals surface area contributed by atoms with Crippen molar-refractivity contribution in [2.45, 2.75) is 51.9 Å². The van der Waals surface area contributed by atoms with Gasteiger partial charge in [-0.2, -0.15) is 9.97 Å². The fourth-order valence-electron chi connectivity index (χ4n) is 3.84. The highest BCUT2D eigenvalue weighted by Crippen LogP contribution is 2.26. The number of imidazole rings is 1. The van der Waals surface area contributed by atoms with Gasteiger partial charge in [-0.15, -0.1) is 0 Å². The average molecular weight is 481 g/mol. The highest BCUT2D eigenvalue weighted by molar-refractivity contribution is 6.30. The third kappa shape index (κ3) is 5.40. The number of nitrogens with zero attached hydrogens (tertiary/aromatic N) is 4. The van der Waals surface area contributed by atoms with E-state index in [-0.39, 0.29) is 11.8 Å². The summed E-state index contributed by atoms with van der Waals surface area (Å²) in [5.74, 6) is 1.04. The Bertz CT molecular complexity index is 1270. The molecule has 0 spiro atoms. The van der Waals surface area contributed by atoms with Gasteiger partial charge in [0.2, 0.25) is 5.95 Å². The first-order chi connectivity index (χ1) is 16.2. The molecule has 0 aliphatic heterocycles. The van der Waals surface area contributed by atoms with Gasteiger partial charge in [-0.1, -0.05) is 48.9 Å². The number of hydrogen-bond donors (Lipinski definition) is 4. The maximum Gasteiger partial charge on any atom is 0.227 e. The summed E-state index contributed by atoms with van der Waals surface area (Å²) < 4.78 is 1.96. The Balaban J connectivity index is 1.72. The SMILES string of the molecule is CCC(Nc1nc(NCc2cc(Cl)ccc2O)c2ncn(Cc3ccccc3)c2n1)C(C)(C)O. The number of aromatic nitrogens is 4. The van der Waals surface area contributed by atoms with Crippen molar-refractivity contribution in [1.29, 1.82) is 0 Å². The largest absolute Gasteiger partial charge is 0.508 e. The Morgan fingerprint density at radius 1 is 1.12 bits per heavy atom. The summed E-state index contributed by atoms with van der Waals surface area (Å²) >= 11 is 6.10. The van der Waals surface area contributed by atoms with Crippen LogP contribution in [0.25, 0.3) is 11.2 Å². The molecule has 2 aromatic heterocycles.